The average molecular weight is 506 g/mol. The smallest absolute Gasteiger partial charge is 0.306 e. The number of nitrogens with one attached hydrogen (secondary N) is 1. The number of hydrogen-bond acceptors (Lipinski definition) is 7. The number of anilines is 1. The van der Waals surface area contributed by atoms with Gasteiger partial charge in [0.25, 0.3) is 0 Å². The van der Waals surface area contributed by atoms with E-state index in [4.69, 9.17) is 4.99 Å². The number of halogens is 1. The van der Waals surface area contributed by atoms with Crippen molar-refractivity contribution in [1.82, 2.24) is 14.8 Å². The van der Waals surface area contributed by atoms with Crippen LogP contribution in [-0.2, 0) is 17.9 Å². The number of carboxylic acids is 1. The van der Waals surface area contributed by atoms with Gasteiger partial charge in [-0.25, -0.2) is 4.39 Å². The molecule has 0 saturated heterocycles. The van der Waals surface area contributed by atoms with Crippen LogP contribution in [0.25, 0.3) is 5.00 Å². The number of aryl methyl sites for hydroxylation is 1. The molecule has 184 valence electrons. The van der Waals surface area contributed by atoms with Gasteiger partial charge in [-0.05, 0) is 49.2 Å². The Morgan fingerprint density at radius 1 is 1.11 bits per heavy atom. The number of carbonyl (C=O) groups is 1. The molecule has 10 heteroatoms. The van der Waals surface area contributed by atoms with E-state index in [9.17, 15) is 19.4 Å². The van der Waals surface area contributed by atoms with Gasteiger partial charge >= 0.3 is 5.97 Å². The lowest BCUT2D eigenvalue weighted by Crippen LogP contribution is -2.10. The van der Waals surface area contributed by atoms with E-state index in [1.54, 1.807) is 12.1 Å². The molecular formula is C26H24FN5O3S. The summed E-state index contributed by atoms with van der Waals surface area (Å²) in [6.45, 7) is 4.19. The number of nitrogens with zero attached hydrogens (tertiary/aromatic N) is 4. The minimum Gasteiger partial charge on any atom is -0.481 e. The highest BCUT2D eigenvalue weighted by Crippen LogP contribution is 2.40. The number of aliphatic hydroxyl groups excluding tert-OH is 1. The third-order valence-electron chi connectivity index (χ3n) is 6.18. The van der Waals surface area contributed by atoms with Gasteiger partial charge in [-0.2, -0.15) is 0 Å². The number of carboxylic acid groups (broad SMARTS) is 1. The van der Waals surface area contributed by atoms with Gasteiger partial charge in [0.1, 0.15) is 22.7 Å². The number of benzene rings is 2. The number of aromatic nitrogens is 3. The molecule has 0 radical (unpaired) electrons. The van der Waals surface area contributed by atoms with Gasteiger partial charge in [-0.15, -0.1) is 21.5 Å². The van der Waals surface area contributed by atoms with E-state index in [2.05, 4.69) is 15.5 Å². The van der Waals surface area contributed by atoms with E-state index in [0.29, 0.717) is 23.9 Å². The van der Waals surface area contributed by atoms with Crippen LogP contribution in [0.2, 0.25) is 0 Å². The summed E-state index contributed by atoms with van der Waals surface area (Å²) in [4.78, 5) is 17.4. The van der Waals surface area contributed by atoms with Crippen LogP contribution in [0.15, 0.2) is 53.5 Å². The maximum Gasteiger partial charge on any atom is 0.306 e. The van der Waals surface area contributed by atoms with E-state index >= 15 is 0 Å². The standard InChI is InChI=1S/C26H24FN5O3S/c1-14-21(13-33)36-26-23(14)24(29-20(11-22(34)35)25-31-30-15(2)32(25)26)17-5-9-19(10-6-17)28-12-16-3-7-18(27)8-4-16/h3-10,20,28,33H,11-13H2,1-2H3,(H,34,35)/t20-/m0/s1. The quantitative estimate of drug-likeness (QED) is 0.340. The Hall–Kier alpha value is -3.89. The number of aliphatic carboxylic acids is 1. The largest absolute Gasteiger partial charge is 0.481 e. The Morgan fingerprint density at radius 2 is 1.83 bits per heavy atom. The number of thiophene rings is 1. The van der Waals surface area contributed by atoms with Crippen LogP contribution in [0.5, 0.6) is 0 Å². The van der Waals surface area contributed by atoms with Gasteiger partial charge in [-0.1, -0.05) is 24.3 Å². The molecule has 1 aliphatic rings. The van der Waals surface area contributed by atoms with Crippen molar-refractivity contribution in [3.63, 3.8) is 0 Å². The second-order valence-electron chi connectivity index (χ2n) is 8.58. The molecule has 8 nitrogen and oxygen atoms in total. The Bertz CT molecular complexity index is 1460. The zero-order chi connectivity index (χ0) is 25.4. The van der Waals surface area contributed by atoms with Gasteiger partial charge in [0.15, 0.2) is 5.82 Å². The molecule has 2 aromatic carbocycles. The normalized spacial score (nSPS) is 14.6. The highest BCUT2D eigenvalue weighted by atomic mass is 32.1. The maximum absolute atomic E-state index is 13.2. The molecule has 1 aliphatic heterocycles. The second-order valence-corrected chi connectivity index (χ2v) is 9.66. The van der Waals surface area contributed by atoms with E-state index in [-0.39, 0.29) is 18.8 Å². The summed E-state index contributed by atoms with van der Waals surface area (Å²) in [5.41, 5.74) is 5.04. The first-order chi connectivity index (χ1) is 17.4. The van der Waals surface area contributed by atoms with Crippen molar-refractivity contribution in [2.45, 2.75) is 39.5 Å². The fourth-order valence-corrected chi connectivity index (χ4v) is 5.55. The van der Waals surface area contributed by atoms with Crippen molar-refractivity contribution in [3.8, 4) is 5.00 Å². The fraction of sp³-hybridized carbons (Fsp3) is 0.231. The van der Waals surface area contributed by atoms with Crippen molar-refractivity contribution in [2.75, 3.05) is 5.32 Å². The summed E-state index contributed by atoms with van der Waals surface area (Å²) in [7, 11) is 0. The second kappa shape index (κ2) is 9.63. The molecule has 36 heavy (non-hydrogen) atoms. The van der Waals surface area contributed by atoms with Gasteiger partial charge in [0.05, 0.1) is 18.7 Å². The molecule has 0 fully saturated rings. The molecule has 0 bridgehead atoms. The van der Waals surface area contributed by atoms with Crippen molar-refractivity contribution >= 4 is 28.7 Å². The van der Waals surface area contributed by atoms with Gasteiger partial charge in [-0.3, -0.25) is 14.4 Å². The first-order valence-corrected chi connectivity index (χ1v) is 12.2. The number of aliphatic hydroxyl groups is 1. The topological polar surface area (TPSA) is 113 Å². The molecule has 1 atom stereocenters. The lowest BCUT2D eigenvalue weighted by Gasteiger charge is -2.12. The van der Waals surface area contributed by atoms with E-state index in [0.717, 1.165) is 37.8 Å². The molecule has 0 saturated carbocycles. The number of hydrogen-bond donors (Lipinski definition) is 3. The zero-order valence-electron chi connectivity index (χ0n) is 19.7. The lowest BCUT2D eigenvalue weighted by molar-refractivity contribution is -0.137. The predicted molar refractivity (Wildman–Crippen MR) is 135 cm³/mol. The van der Waals surface area contributed by atoms with E-state index < -0.39 is 12.0 Å². The third-order valence-corrected chi connectivity index (χ3v) is 7.44. The Labute approximate surface area is 210 Å². The van der Waals surface area contributed by atoms with Gasteiger partial charge in [0.2, 0.25) is 0 Å². The van der Waals surface area contributed by atoms with Gasteiger partial charge < -0.3 is 15.5 Å². The van der Waals surface area contributed by atoms with Crippen LogP contribution in [0.3, 0.4) is 0 Å². The minimum atomic E-state index is -0.978. The molecule has 0 aliphatic carbocycles. The Kier molecular flexibility index (Phi) is 6.38. The highest BCUT2D eigenvalue weighted by Gasteiger charge is 2.32. The zero-order valence-corrected chi connectivity index (χ0v) is 20.5. The summed E-state index contributed by atoms with van der Waals surface area (Å²) in [5, 5.41) is 32.1. The van der Waals surface area contributed by atoms with Crippen molar-refractivity contribution in [2.24, 2.45) is 4.99 Å². The van der Waals surface area contributed by atoms with Crippen molar-refractivity contribution < 1.29 is 19.4 Å². The van der Waals surface area contributed by atoms with Crippen LogP contribution >= 0.6 is 11.3 Å². The summed E-state index contributed by atoms with van der Waals surface area (Å²) in [5.74, 6) is -0.152. The van der Waals surface area contributed by atoms with E-state index in [1.807, 2.05) is 42.7 Å². The Morgan fingerprint density at radius 3 is 2.50 bits per heavy atom. The highest BCUT2D eigenvalue weighted by molar-refractivity contribution is 7.15. The SMILES string of the molecule is Cc1c(CO)sc2c1C(c1ccc(NCc3ccc(F)cc3)cc1)=N[C@@H](CC(=O)O)c1nnc(C)n1-2. The number of fused-ring (bicyclic) bond motifs is 3. The first-order valence-electron chi connectivity index (χ1n) is 11.4. The van der Waals surface area contributed by atoms with Crippen LogP contribution < -0.4 is 5.32 Å². The molecule has 0 spiro atoms. The van der Waals surface area contributed by atoms with Crippen molar-refractivity contribution in [3.05, 3.63) is 93.1 Å². The van der Waals surface area contributed by atoms with Crippen LogP contribution in [0.1, 0.15) is 51.2 Å². The van der Waals surface area contributed by atoms with Gasteiger partial charge in [0, 0.05) is 28.2 Å². The number of rotatable bonds is 7. The molecule has 0 unspecified atom stereocenters. The fourth-order valence-electron chi connectivity index (χ4n) is 4.33. The lowest BCUT2D eigenvalue weighted by atomic mass is 9.99. The summed E-state index contributed by atoms with van der Waals surface area (Å²) < 4.78 is 15.0. The molecule has 2 aromatic heterocycles. The minimum absolute atomic E-state index is 0.113. The Balaban J connectivity index is 1.54. The third kappa shape index (κ3) is 4.40. The predicted octanol–water partition coefficient (Wildman–Crippen LogP) is 4.56. The first kappa shape index (κ1) is 23.8. The molecule has 0 amide bonds. The van der Waals surface area contributed by atoms with Crippen LogP contribution in [0.4, 0.5) is 10.1 Å². The average Bonchev–Trinajstić information content (AvgIpc) is 3.36. The number of aliphatic imine (C=N–C) groups is 1. The maximum atomic E-state index is 13.2. The molecule has 5 rings (SSSR count). The summed E-state index contributed by atoms with van der Waals surface area (Å²) >= 11 is 1.43. The van der Waals surface area contributed by atoms with Crippen LogP contribution in [0, 0.1) is 19.7 Å². The molecule has 3 N–H and O–H groups in total. The molecule has 4 aromatic rings. The van der Waals surface area contributed by atoms with E-state index in [1.165, 1.54) is 23.5 Å². The summed E-state index contributed by atoms with van der Waals surface area (Å²) in [6, 6.07) is 13.3. The monoisotopic (exact) mass is 505 g/mol. The molecular weight excluding hydrogens is 481 g/mol. The summed E-state index contributed by atoms with van der Waals surface area (Å²) in [6.07, 6.45) is -0.222. The van der Waals surface area contributed by atoms with Crippen molar-refractivity contribution in [1.29, 1.82) is 0 Å². The van der Waals surface area contributed by atoms with Crippen LogP contribution in [-0.4, -0.2) is 36.7 Å². The molecule has 3 heterocycles.